The van der Waals surface area contributed by atoms with Crippen LogP contribution in [0.3, 0.4) is 0 Å². The maximum atomic E-state index is 6.15. The summed E-state index contributed by atoms with van der Waals surface area (Å²) in [6.45, 7) is 0. The average Bonchev–Trinajstić information content (AvgIpc) is 2.42. The Morgan fingerprint density at radius 2 is 1.75 bits per heavy atom. The third kappa shape index (κ3) is 2.53. The molecule has 0 saturated carbocycles. The molecule has 0 saturated heterocycles. The van der Waals surface area contributed by atoms with E-state index in [2.05, 4.69) is 15.0 Å². The SMILES string of the molecule is Nc1cc2nc(Cc3c(Cl)cccc3Cl)ncc2cn1. The number of hydrogen-bond donors (Lipinski definition) is 1. The minimum atomic E-state index is 0.429. The molecule has 0 unspecified atom stereocenters. The van der Waals surface area contributed by atoms with E-state index in [-0.39, 0.29) is 0 Å². The van der Waals surface area contributed by atoms with Gasteiger partial charge in [0.1, 0.15) is 11.6 Å². The fourth-order valence-electron chi connectivity index (χ4n) is 1.92. The van der Waals surface area contributed by atoms with Gasteiger partial charge in [0.25, 0.3) is 0 Å². The van der Waals surface area contributed by atoms with Gasteiger partial charge >= 0.3 is 0 Å². The molecule has 0 amide bonds. The predicted molar refractivity (Wildman–Crippen MR) is 81.0 cm³/mol. The van der Waals surface area contributed by atoms with Crippen molar-refractivity contribution >= 4 is 39.9 Å². The van der Waals surface area contributed by atoms with Gasteiger partial charge in [-0.2, -0.15) is 0 Å². The van der Waals surface area contributed by atoms with Crippen LogP contribution in [-0.2, 0) is 6.42 Å². The van der Waals surface area contributed by atoms with Crippen LogP contribution < -0.4 is 5.73 Å². The van der Waals surface area contributed by atoms with Gasteiger partial charge in [0.2, 0.25) is 0 Å². The average molecular weight is 305 g/mol. The molecule has 3 rings (SSSR count). The molecule has 0 aliphatic rings. The van der Waals surface area contributed by atoms with Gasteiger partial charge in [0.15, 0.2) is 0 Å². The van der Waals surface area contributed by atoms with Crippen LogP contribution >= 0.6 is 23.2 Å². The van der Waals surface area contributed by atoms with E-state index in [0.717, 1.165) is 16.5 Å². The Labute approximate surface area is 125 Å². The highest BCUT2D eigenvalue weighted by molar-refractivity contribution is 6.36. The van der Waals surface area contributed by atoms with Crippen LogP contribution in [0.4, 0.5) is 5.82 Å². The normalized spacial score (nSPS) is 10.9. The van der Waals surface area contributed by atoms with E-state index in [9.17, 15) is 0 Å². The van der Waals surface area contributed by atoms with Crippen LogP contribution in [-0.4, -0.2) is 15.0 Å². The van der Waals surface area contributed by atoms with E-state index >= 15 is 0 Å². The summed E-state index contributed by atoms with van der Waals surface area (Å²) in [6, 6.07) is 7.12. The van der Waals surface area contributed by atoms with Crippen molar-refractivity contribution in [2.75, 3.05) is 5.73 Å². The van der Waals surface area contributed by atoms with E-state index in [1.807, 2.05) is 6.07 Å². The lowest BCUT2D eigenvalue weighted by Gasteiger charge is -2.06. The summed E-state index contributed by atoms with van der Waals surface area (Å²) < 4.78 is 0. The molecule has 1 aromatic carbocycles. The Bertz CT molecular complexity index is 769. The van der Waals surface area contributed by atoms with E-state index in [1.54, 1.807) is 30.6 Å². The number of nitrogen functional groups attached to an aromatic ring is 1. The largest absolute Gasteiger partial charge is 0.384 e. The monoisotopic (exact) mass is 304 g/mol. The lowest BCUT2D eigenvalue weighted by atomic mass is 10.1. The van der Waals surface area contributed by atoms with Gasteiger partial charge in [-0.1, -0.05) is 29.3 Å². The minimum Gasteiger partial charge on any atom is -0.384 e. The lowest BCUT2D eigenvalue weighted by molar-refractivity contribution is 0.991. The molecular weight excluding hydrogens is 295 g/mol. The number of hydrogen-bond acceptors (Lipinski definition) is 4. The Morgan fingerprint density at radius 3 is 2.50 bits per heavy atom. The quantitative estimate of drug-likeness (QED) is 0.787. The molecule has 4 nitrogen and oxygen atoms in total. The van der Waals surface area contributed by atoms with Crippen molar-refractivity contribution in [2.45, 2.75) is 6.42 Å². The molecule has 0 aliphatic heterocycles. The van der Waals surface area contributed by atoms with Crippen molar-refractivity contribution in [3.8, 4) is 0 Å². The number of benzene rings is 1. The number of rotatable bonds is 2. The Balaban J connectivity index is 2.02. The predicted octanol–water partition coefficient (Wildman–Crippen LogP) is 3.50. The Morgan fingerprint density at radius 1 is 1.05 bits per heavy atom. The van der Waals surface area contributed by atoms with Gasteiger partial charge in [0.05, 0.1) is 5.52 Å². The Kier molecular flexibility index (Phi) is 3.42. The van der Waals surface area contributed by atoms with Crippen molar-refractivity contribution in [1.82, 2.24) is 15.0 Å². The highest BCUT2D eigenvalue weighted by Gasteiger charge is 2.09. The van der Waals surface area contributed by atoms with Crippen LogP contribution in [0.1, 0.15) is 11.4 Å². The molecular formula is C14H10Cl2N4. The minimum absolute atomic E-state index is 0.429. The van der Waals surface area contributed by atoms with E-state index in [1.165, 1.54) is 0 Å². The topological polar surface area (TPSA) is 64.7 Å². The number of nitrogens with zero attached hydrogens (tertiary/aromatic N) is 3. The molecule has 0 spiro atoms. The number of aromatic nitrogens is 3. The summed E-state index contributed by atoms with van der Waals surface area (Å²) in [7, 11) is 0. The van der Waals surface area contributed by atoms with Crippen molar-refractivity contribution in [3.05, 3.63) is 58.1 Å². The summed E-state index contributed by atoms with van der Waals surface area (Å²) >= 11 is 12.3. The van der Waals surface area contributed by atoms with Crippen LogP contribution in [0.25, 0.3) is 10.9 Å². The van der Waals surface area contributed by atoms with E-state index < -0.39 is 0 Å². The zero-order valence-electron chi connectivity index (χ0n) is 10.3. The van der Waals surface area contributed by atoms with Gasteiger partial charge in [-0.05, 0) is 17.7 Å². The van der Waals surface area contributed by atoms with Crippen LogP contribution in [0.2, 0.25) is 10.0 Å². The molecule has 3 aromatic rings. The summed E-state index contributed by atoms with van der Waals surface area (Å²) in [4.78, 5) is 12.8. The number of halogens is 2. The van der Waals surface area contributed by atoms with Crippen LogP contribution in [0, 0.1) is 0 Å². The molecule has 0 aliphatic carbocycles. The third-order valence-corrected chi connectivity index (χ3v) is 3.64. The smallest absolute Gasteiger partial charge is 0.133 e. The molecule has 6 heteroatoms. The maximum Gasteiger partial charge on any atom is 0.133 e. The summed E-state index contributed by atoms with van der Waals surface area (Å²) in [5, 5.41) is 2.05. The molecule has 2 heterocycles. The molecule has 0 bridgehead atoms. The zero-order chi connectivity index (χ0) is 14.1. The molecule has 20 heavy (non-hydrogen) atoms. The molecule has 0 atom stereocenters. The molecule has 2 aromatic heterocycles. The van der Waals surface area contributed by atoms with Gasteiger partial charge in [-0.15, -0.1) is 0 Å². The second kappa shape index (κ2) is 5.23. The highest BCUT2D eigenvalue weighted by Crippen LogP contribution is 2.26. The van der Waals surface area contributed by atoms with Gasteiger partial charge in [0, 0.05) is 40.3 Å². The number of nitrogens with two attached hydrogens (primary N) is 1. The number of pyridine rings is 1. The standard InChI is InChI=1S/C14H10Cl2N4/c15-10-2-1-3-11(16)9(10)4-14-19-7-8-6-18-13(17)5-12(8)20-14/h1-3,5-7H,4H2,(H2,17,18). The highest BCUT2D eigenvalue weighted by atomic mass is 35.5. The van der Waals surface area contributed by atoms with Crippen LogP contribution in [0.5, 0.6) is 0 Å². The second-order valence-electron chi connectivity index (χ2n) is 4.33. The molecule has 0 fully saturated rings. The van der Waals surface area contributed by atoms with Crippen molar-refractivity contribution in [3.63, 3.8) is 0 Å². The fourth-order valence-corrected chi connectivity index (χ4v) is 2.45. The van der Waals surface area contributed by atoms with Crippen molar-refractivity contribution in [2.24, 2.45) is 0 Å². The van der Waals surface area contributed by atoms with Crippen LogP contribution in [0.15, 0.2) is 36.7 Å². The first-order valence-corrected chi connectivity index (χ1v) is 6.69. The van der Waals surface area contributed by atoms with Gasteiger partial charge in [-0.3, -0.25) is 0 Å². The van der Waals surface area contributed by atoms with E-state index in [4.69, 9.17) is 28.9 Å². The first-order valence-electron chi connectivity index (χ1n) is 5.93. The lowest BCUT2D eigenvalue weighted by Crippen LogP contribution is -1.99. The van der Waals surface area contributed by atoms with E-state index in [0.29, 0.717) is 28.1 Å². The van der Waals surface area contributed by atoms with Gasteiger partial charge < -0.3 is 5.73 Å². The summed E-state index contributed by atoms with van der Waals surface area (Å²) in [5.41, 5.74) is 7.23. The molecule has 100 valence electrons. The van der Waals surface area contributed by atoms with Crippen molar-refractivity contribution in [1.29, 1.82) is 0 Å². The molecule has 0 radical (unpaired) electrons. The number of fused-ring (bicyclic) bond motifs is 1. The fraction of sp³-hybridized carbons (Fsp3) is 0.0714. The third-order valence-electron chi connectivity index (χ3n) is 2.93. The number of anilines is 1. The second-order valence-corrected chi connectivity index (χ2v) is 5.15. The first-order chi connectivity index (χ1) is 9.63. The van der Waals surface area contributed by atoms with Crippen molar-refractivity contribution < 1.29 is 0 Å². The van der Waals surface area contributed by atoms with Gasteiger partial charge in [-0.25, -0.2) is 15.0 Å². The zero-order valence-corrected chi connectivity index (χ0v) is 11.9. The first kappa shape index (κ1) is 13.1. The maximum absolute atomic E-state index is 6.15. The summed E-state index contributed by atoms with van der Waals surface area (Å²) in [6.07, 6.45) is 3.84. The molecule has 2 N–H and O–H groups in total. The summed E-state index contributed by atoms with van der Waals surface area (Å²) in [5.74, 6) is 1.07. The Hall–Kier alpha value is -1.91.